The minimum absolute atomic E-state index is 0.0330. The van der Waals surface area contributed by atoms with Crippen molar-refractivity contribution in [2.75, 3.05) is 6.54 Å². The second-order valence-corrected chi connectivity index (χ2v) is 8.35. The molecular weight excluding hydrogens is 504 g/mol. The maximum atomic E-state index is 13.9. The summed E-state index contributed by atoms with van der Waals surface area (Å²) < 4.78 is 27.6. The zero-order chi connectivity index (χ0) is 28.0. The van der Waals surface area contributed by atoms with Gasteiger partial charge in [-0.1, -0.05) is 24.3 Å². The van der Waals surface area contributed by atoms with Gasteiger partial charge in [-0.25, -0.2) is 8.78 Å². The van der Waals surface area contributed by atoms with Gasteiger partial charge >= 0.3 is 20.2 Å². The van der Waals surface area contributed by atoms with Crippen molar-refractivity contribution < 1.29 is 48.4 Å². The van der Waals surface area contributed by atoms with Crippen molar-refractivity contribution in [1.29, 1.82) is 0 Å². The number of hydrogen-bond acceptors (Lipinski definition) is 7. The van der Waals surface area contributed by atoms with E-state index in [4.69, 9.17) is 0 Å². The highest BCUT2D eigenvalue weighted by Gasteiger charge is 2.23. The Hall–Kier alpha value is -4.10. The Balaban J connectivity index is 1.76. The molecule has 0 unspecified atom stereocenters. The summed E-state index contributed by atoms with van der Waals surface area (Å²) in [5, 5.41) is 48.9. The molecule has 0 aliphatic rings. The second kappa shape index (κ2) is 12.4. The highest BCUT2D eigenvalue weighted by Crippen LogP contribution is 2.13. The number of carbonyl (C=O) groups excluding carboxylic acids is 2. The van der Waals surface area contributed by atoms with Gasteiger partial charge in [-0.05, 0) is 58.5 Å². The van der Waals surface area contributed by atoms with Crippen LogP contribution in [0.4, 0.5) is 8.78 Å². The van der Waals surface area contributed by atoms with Crippen LogP contribution in [-0.2, 0) is 17.9 Å². The van der Waals surface area contributed by atoms with Gasteiger partial charge in [0, 0.05) is 24.2 Å². The number of hydrogen-bond donors (Lipinski definition) is 6. The Labute approximate surface area is 216 Å². The summed E-state index contributed by atoms with van der Waals surface area (Å²) in [6.07, 6.45) is 0. The van der Waals surface area contributed by atoms with Gasteiger partial charge in [0.1, 0.15) is 18.2 Å². The molecule has 0 aliphatic heterocycles. The first kappa shape index (κ1) is 28.5. The van der Waals surface area contributed by atoms with E-state index in [0.717, 1.165) is 41.3 Å². The number of nitrogens with one attached hydrogen (secondary N) is 1. The molecule has 2 amide bonds. The lowest BCUT2D eigenvalue weighted by molar-refractivity contribution is -0.137. The summed E-state index contributed by atoms with van der Waals surface area (Å²) in [6, 6.07) is 12.1. The van der Waals surface area contributed by atoms with Gasteiger partial charge in [-0.15, -0.1) is 0 Å². The van der Waals surface area contributed by atoms with Crippen LogP contribution in [0.15, 0.2) is 60.7 Å². The van der Waals surface area contributed by atoms with E-state index in [1.807, 2.05) is 0 Å². The van der Waals surface area contributed by atoms with Gasteiger partial charge in [0.05, 0.1) is 0 Å². The third-order valence-electron chi connectivity index (χ3n) is 5.38. The fraction of sp³-hybridized carbons (Fsp3) is 0.125. The zero-order valence-electron chi connectivity index (χ0n) is 19.7. The summed E-state index contributed by atoms with van der Waals surface area (Å²) in [5.41, 5.74) is 0.139. The van der Waals surface area contributed by atoms with Crippen LogP contribution in [0.5, 0.6) is 0 Å². The number of nitrogens with zero attached hydrogens (tertiary/aromatic N) is 1. The molecule has 14 heteroatoms. The third-order valence-corrected chi connectivity index (χ3v) is 5.38. The molecule has 38 heavy (non-hydrogen) atoms. The van der Waals surface area contributed by atoms with E-state index >= 15 is 0 Å². The lowest BCUT2D eigenvalue weighted by Crippen LogP contribution is -2.37. The number of aliphatic carboxylic acids is 1. The highest BCUT2D eigenvalue weighted by atomic mass is 19.1. The average molecular weight is 526 g/mol. The molecule has 3 aromatic carbocycles. The summed E-state index contributed by atoms with van der Waals surface area (Å²) in [5.74, 6) is -4.62. The molecule has 6 N–H and O–H groups in total. The molecule has 0 fully saturated rings. The molecule has 0 saturated heterocycles. The van der Waals surface area contributed by atoms with Gasteiger partial charge in [0.15, 0.2) is 0 Å². The van der Waals surface area contributed by atoms with Crippen molar-refractivity contribution in [3.63, 3.8) is 0 Å². The van der Waals surface area contributed by atoms with Gasteiger partial charge in [0.2, 0.25) is 0 Å². The molecule has 0 heterocycles. The monoisotopic (exact) mass is 526 g/mol. The number of benzene rings is 3. The normalized spacial score (nSPS) is 10.6. The fourth-order valence-electron chi connectivity index (χ4n) is 3.67. The van der Waals surface area contributed by atoms with Crippen molar-refractivity contribution in [2.45, 2.75) is 13.1 Å². The van der Waals surface area contributed by atoms with E-state index in [0.29, 0.717) is 11.1 Å². The zero-order valence-corrected chi connectivity index (χ0v) is 19.7. The lowest BCUT2D eigenvalue weighted by atomic mass is 9.79. The van der Waals surface area contributed by atoms with Gasteiger partial charge in [-0.2, -0.15) is 0 Å². The number of carbonyl (C=O) groups is 3. The van der Waals surface area contributed by atoms with Gasteiger partial charge < -0.3 is 35.4 Å². The average Bonchev–Trinajstić information content (AvgIpc) is 2.85. The van der Waals surface area contributed by atoms with Crippen molar-refractivity contribution in [2.24, 2.45) is 0 Å². The molecule has 3 aromatic rings. The predicted molar refractivity (Wildman–Crippen MR) is 132 cm³/mol. The molecule has 0 spiro atoms. The largest absolute Gasteiger partial charge is 0.488 e. The number of amides is 2. The maximum absolute atomic E-state index is 13.9. The molecule has 0 radical (unpaired) electrons. The molecule has 0 aliphatic carbocycles. The third kappa shape index (κ3) is 7.70. The second-order valence-electron chi connectivity index (χ2n) is 8.35. The van der Waals surface area contributed by atoms with E-state index < -0.39 is 50.2 Å². The minimum atomic E-state index is -2.04. The molecule has 0 bridgehead atoms. The first-order chi connectivity index (χ1) is 17.9. The van der Waals surface area contributed by atoms with E-state index in [2.05, 4.69) is 5.32 Å². The fourth-order valence-corrected chi connectivity index (χ4v) is 3.67. The Morgan fingerprint density at radius 2 is 1.34 bits per heavy atom. The van der Waals surface area contributed by atoms with E-state index in [1.54, 1.807) is 24.3 Å². The Bertz CT molecular complexity index is 1360. The molecule has 0 saturated carbocycles. The van der Waals surface area contributed by atoms with Crippen LogP contribution in [0.25, 0.3) is 0 Å². The van der Waals surface area contributed by atoms with E-state index in [-0.39, 0.29) is 35.1 Å². The predicted octanol–water partition coefficient (Wildman–Crippen LogP) is -1.02. The Morgan fingerprint density at radius 1 is 0.789 bits per heavy atom. The number of carboxylic acid groups (broad SMARTS) is 1. The molecule has 196 valence electrons. The standard InChI is InChI=1S/C24H22B2F2N2O8/c27-20-7-16(5-18(9-20)25(35)36)23(33)29-11-14-2-1-3-15(4-14)12-30(13-22(31)32)24(34)17-6-19(26(37)38)10-21(28)8-17/h1-10,35-38H,11-13H2,(H,29,33)(H,31,32). The van der Waals surface area contributed by atoms with Crippen LogP contribution < -0.4 is 16.2 Å². The molecule has 10 nitrogen and oxygen atoms in total. The Kier molecular flexibility index (Phi) is 9.31. The summed E-state index contributed by atoms with van der Waals surface area (Å²) >= 11 is 0. The lowest BCUT2D eigenvalue weighted by Gasteiger charge is -2.22. The topological polar surface area (TPSA) is 168 Å². The first-order valence-electron chi connectivity index (χ1n) is 11.1. The molecule has 0 atom stereocenters. The maximum Gasteiger partial charge on any atom is 0.488 e. The summed E-state index contributed by atoms with van der Waals surface area (Å²) in [4.78, 5) is 37.8. The van der Waals surface area contributed by atoms with Crippen LogP contribution >= 0.6 is 0 Å². The van der Waals surface area contributed by atoms with E-state index in [1.165, 1.54) is 0 Å². The van der Waals surface area contributed by atoms with Crippen molar-refractivity contribution >= 4 is 42.9 Å². The molecular formula is C24H22B2F2N2O8. The molecule has 3 rings (SSSR count). The van der Waals surface area contributed by atoms with Crippen LogP contribution in [0.2, 0.25) is 0 Å². The smallest absolute Gasteiger partial charge is 0.480 e. The summed E-state index contributed by atoms with van der Waals surface area (Å²) in [7, 11) is -4.00. The number of carboxylic acids is 1. The van der Waals surface area contributed by atoms with Crippen LogP contribution in [0.3, 0.4) is 0 Å². The van der Waals surface area contributed by atoms with Gasteiger partial charge in [0.25, 0.3) is 11.8 Å². The van der Waals surface area contributed by atoms with Crippen LogP contribution in [0.1, 0.15) is 31.8 Å². The summed E-state index contributed by atoms with van der Waals surface area (Å²) in [6.45, 7) is -0.969. The number of rotatable bonds is 10. The first-order valence-corrected chi connectivity index (χ1v) is 11.1. The van der Waals surface area contributed by atoms with E-state index in [9.17, 15) is 48.4 Å². The quantitative estimate of drug-likeness (QED) is 0.183. The van der Waals surface area contributed by atoms with Crippen molar-refractivity contribution in [3.05, 3.63) is 94.6 Å². The molecule has 0 aromatic heterocycles. The van der Waals surface area contributed by atoms with Crippen molar-refractivity contribution in [3.8, 4) is 0 Å². The van der Waals surface area contributed by atoms with Gasteiger partial charge in [-0.3, -0.25) is 14.4 Å². The van der Waals surface area contributed by atoms with Crippen LogP contribution in [-0.4, -0.2) is 68.7 Å². The SMILES string of the molecule is O=C(O)CN(Cc1cccc(CNC(=O)c2cc(F)cc(B(O)O)c2)c1)C(=O)c1cc(F)cc(B(O)O)c1. The van der Waals surface area contributed by atoms with Crippen molar-refractivity contribution in [1.82, 2.24) is 10.2 Å². The highest BCUT2D eigenvalue weighted by molar-refractivity contribution is 6.59. The Morgan fingerprint density at radius 3 is 1.92 bits per heavy atom. The number of halogens is 2. The van der Waals surface area contributed by atoms with Crippen LogP contribution in [0, 0.1) is 11.6 Å². The minimum Gasteiger partial charge on any atom is -0.480 e.